The number of thioether (sulfide) groups is 1. The van der Waals surface area contributed by atoms with Gasteiger partial charge in [0.25, 0.3) is 0 Å². The number of hydrogen-bond acceptors (Lipinski definition) is 6. The van der Waals surface area contributed by atoms with Gasteiger partial charge in [-0.2, -0.15) is 11.8 Å². The van der Waals surface area contributed by atoms with Gasteiger partial charge in [-0.05, 0) is 25.3 Å². The average molecular weight is 314 g/mol. The van der Waals surface area contributed by atoms with Crippen LogP contribution in [0, 0.1) is 0 Å². The minimum Gasteiger partial charge on any atom is -0.493 e. The van der Waals surface area contributed by atoms with E-state index in [1.165, 1.54) is 7.11 Å². The van der Waals surface area contributed by atoms with E-state index >= 15 is 0 Å². The normalized spacial score (nSPS) is 11.8. The second-order valence-electron chi connectivity index (χ2n) is 4.41. The first kappa shape index (κ1) is 17.7. The topological polar surface area (TPSA) is 54.0 Å². The summed E-state index contributed by atoms with van der Waals surface area (Å²) in [6.07, 6.45) is 1.89. The molecule has 1 aromatic carbocycles. The van der Waals surface area contributed by atoms with E-state index in [1.807, 2.05) is 13.2 Å². The van der Waals surface area contributed by atoms with E-state index in [-0.39, 0.29) is 6.10 Å². The average Bonchev–Trinajstić information content (AvgIpc) is 2.46. The Morgan fingerprint density at radius 2 is 1.95 bits per heavy atom. The fraction of sp³-hybridized carbons (Fsp3) is 0.533. The highest BCUT2D eigenvalue weighted by atomic mass is 32.2. The van der Waals surface area contributed by atoms with Crippen LogP contribution in [-0.4, -0.2) is 51.5 Å². The molecule has 1 aromatic rings. The SMILES string of the molecule is COC[C@H](C)Oc1cc(OCCSC)cc(C(=O)OC)c1. The summed E-state index contributed by atoms with van der Waals surface area (Å²) in [6, 6.07) is 5.05. The van der Waals surface area contributed by atoms with Crippen LogP contribution in [-0.2, 0) is 9.47 Å². The van der Waals surface area contributed by atoms with Crippen molar-refractivity contribution in [2.24, 2.45) is 0 Å². The highest BCUT2D eigenvalue weighted by Crippen LogP contribution is 2.24. The van der Waals surface area contributed by atoms with Gasteiger partial charge in [0, 0.05) is 18.9 Å². The molecule has 0 unspecified atom stereocenters. The molecule has 21 heavy (non-hydrogen) atoms. The van der Waals surface area contributed by atoms with E-state index in [4.69, 9.17) is 18.9 Å². The molecule has 0 aliphatic heterocycles. The molecule has 6 heteroatoms. The van der Waals surface area contributed by atoms with Crippen LogP contribution in [0.1, 0.15) is 17.3 Å². The van der Waals surface area contributed by atoms with Gasteiger partial charge in [-0.25, -0.2) is 4.79 Å². The number of esters is 1. The zero-order chi connectivity index (χ0) is 15.7. The summed E-state index contributed by atoms with van der Waals surface area (Å²) in [6.45, 7) is 2.92. The van der Waals surface area contributed by atoms with Gasteiger partial charge in [0.15, 0.2) is 0 Å². The summed E-state index contributed by atoms with van der Waals surface area (Å²) >= 11 is 1.69. The summed E-state index contributed by atoms with van der Waals surface area (Å²) in [7, 11) is 2.96. The number of benzene rings is 1. The molecule has 0 aromatic heterocycles. The molecule has 0 bridgehead atoms. The minimum absolute atomic E-state index is 0.123. The molecule has 0 N–H and O–H groups in total. The molecule has 0 aliphatic rings. The third kappa shape index (κ3) is 6.27. The van der Waals surface area contributed by atoms with Gasteiger partial charge < -0.3 is 18.9 Å². The van der Waals surface area contributed by atoms with Crippen molar-refractivity contribution in [1.29, 1.82) is 0 Å². The van der Waals surface area contributed by atoms with E-state index in [2.05, 4.69) is 0 Å². The molecular weight excluding hydrogens is 292 g/mol. The Morgan fingerprint density at radius 3 is 2.57 bits per heavy atom. The molecule has 5 nitrogen and oxygen atoms in total. The lowest BCUT2D eigenvalue weighted by Gasteiger charge is -2.16. The predicted molar refractivity (Wildman–Crippen MR) is 83.6 cm³/mol. The van der Waals surface area contributed by atoms with Crippen LogP contribution < -0.4 is 9.47 Å². The van der Waals surface area contributed by atoms with Crippen LogP contribution in [0.3, 0.4) is 0 Å². The maximum absolute atomic E-state index is 11.7. The van der Waals surface area contributed by atoms with Crippen LogP contribution in [0.4, 0.5) is 0 Å². The number of ether oxygens (including phenoxy) is 4. The first-order valence-electron chi connectivity index (χ1n) is 6.61. The second-order valence-corrected chi connectivity index (χ2v) is 5.40. The fourth-order valence-corrected chi connectivity index (χ4v) is 1.95. The molecule has 0 saturated carbocycles. The van der Waals surface area contributed by atoms with Crippen molar-refractivity contribution in [3.05, 3.63) is 23.8 Å². The van der Waals surface area contributed by atoms with Gasteiger partial charge in [-0.15, -0.1) is 0 Å². The molecule has 0 spiro atoms. The monoisotopic (exact) mass is 314 g/mol. The van der Waals surface area contributed by atoms with E-state index in [9.17, 15) is 4.79 Å². The van der Waals surface area contributed by atoms with E-state index in [0.29, 0.717) is 30.3 Å². The third-order valence-electron chi connectivity index (χ3n) is 2.60. The lowest BCUT2D eigenvalue weighted by molar-refractivity contribution is 0.0598. The van der Waals surface area contributed by atoms with Crippen molar-refractivity contribution in [2.75, 3.05) is 39.4 Å². The van der Waals surface area contributed by atoms with E-state index < -0.39 is 5.97 Å². The van der Waals surface area contributed by atoms with Gasteiger partial charge in [-0.1, -0.05) is 0 Å². The Hall–Kier alpha value is -1.40. The second kappa shape index (κ2) is 9.52. The summed E-state index contributed by atoms with van der Waals surface area (Å²) in [5.41, 5.74) is 0.402. The summed E-state index contributed by atoms with van der Waals surface area (Å²) < 4.78 is 21.1. The lowest BCUT2D eigenvalue weighted by Crippen LogP contribution is -2.18. The molecule has 0 aliphatic carbocycles. The first-order valence-corrected chi connectivity index (χ1v) is 8.00. The molecule has 0 fully saturated rings. The van der Waals surface area contributed by atoms with Crippen molar-refractivity contribution in [1.82, 2.24) is 0 Å². The van der Waals surface area contributed by atoms with Gasteiger partial charge in [0.05, 0.1) is 25.9 Å². The van der Waals surface area contributed by atoms with Crippen molar-refractivity contribution >= 4 is 17.7 Å². The summed E-state index contributed by atoms with van der Waals surface area (Å²) in [5, 5.41) is 0. The highest BCUT2D eigenvalue weighted by molar-refractivity contribution is 7.98. The molecule has 1 rings (SSSR count). The Bertz CT molecular complexity index is 450. The maximum Gasteiger partial charge on any atom is 0.338 e. The lowest BCUT2D eigenvalue weighted by atomic mass is 10.2. The zero-order valence-corrected chi connectivity index (χ0v) is 13.7. The van der Waals surface area contributed by atoms with Crippen LogP contribution >= 0.6 is 11.8 Å². The van der Waals surface area contributed by atoms with E-state index in [1.54, 1.807) is 37.1 Å². The van der Waals surface area contributed by atoms with Crippen LogP contribution in [0.25, 0.3) is 0 Å². The molecule has 0 heterocycles. The number of carbonyl (C=O) groups is 1. The molecule has 0 saturated heterocycles. The smallest absolute Gasteiger partial charge is 0.338 e. The zero-order valence-electron chi connectivity index (χ0n) is 12.9. The van der Waals surface area contributed by atoms with Crippen molar-refractivity contribution in [3.63, 3.8) is 0 Å². The molecule has 1 atom stereocenters. The molecule has 0 radical (unpaired) electrons. The highest BCUT2D eigenvalue weighted by Gasteiger charge is 2.12. The summed E-state index contributed by atoms with van der Waals surface area (Å²) in [5.74, 6) is 1.60. The Labute approximate surface area is 129 Å². The minimum atomic E-state index is -0.422. The van der Waals surface area contributed by atoms with Gasteiger partial charge in [-0.3, -0.25) is 0 Å². The van der Waals surface area contributed by atoms with Gasteiger partial charge >= 0.3 is 5.97 Å². The van der Waals surface area contributed by atoms with Crippen molar-refractivity contribution in [3.8, 4) is 11.5 Å². The standard InChI is InChI=1S/C15H22O5S/c1-11(10-17-2)20-14-8-12(15(16)18-3)7-13(9-14)19-5-6-21-4/h7-9,11H,5-6,10H2,1-4H3/t11-/m0/s1. The summed E-state index contributed by atoms with van der Waals surface area (Å²) in [4.78, 5) is 11.7. The quantitative estimate of drug-likeness (QED) is 0.516. The Balaban J connectivity index is 2.89. The van der Waals surface area contributed by atoms with Crippen molar-refractivity contribution < 1.29 is 23.7 Å². The van der Waals surface area contributed by atoms with Gasteiger partial charge in [0.1, 0.15) is 17.6 Å². The van der Waals surface area contributed by atoms with Crippen molar-refractivity contribution in [2.45, 2.75) is 13.0 Å². The number of hydrogen-bond donors (Lipinski definition) is 0. The first-order chi connectivity index (χ1) is 10.1. The predicted octanol–water partition coefficient (Wildman–Crippen LogP) is 2.63. The Morgan fingerprint density at radius 1 is 1.24 bits per heavy atom. The molecule has 118 valence electrons. The number of methoxy groups -OCH3 is 2. The van der Waals surface area contributed by atoms with Crippen LogP contribution in [0.2, 0.25) is 0 Å². The molecule has 0 amide bonds. The third-order valence-corrected chi connectivity index (χ3v) is 3.17. The largest absolute Gasteiger partial charge is 0.493 e. The van der Waals surface area contributed by atoms with E-state index in [0.717, 1.165) is 5.75 Å². The number of rotatable bonds is 9. The maximum atomic E-state index is 11.7. The van der Waals surface area contributed by atoms with Gasteiger partial charge in [0.2, 0.25) is 0 Å². The van der Waals surface area contributed by atoms with Crippen LogP contribution in [0.15, 0.2) is 18.2 Å². The number of carbonyl (C=O) groups excluding carboxylic acids is 1. The fourth-order valence-electron chi connectivity index (χ4n) is 1.70. The Kier molecular flexibility index (Phi) is 8.00. The molecular formula is C15H22O5S. The van der Waals surface area contributed by atoms with Crippen LogP contribution in [0.5, 0.6) is 11.5 Å².